The number of aryl methyl sites for hydroxylation is 1. The van der Waals surface area contributed by atoms with Gasteiger partial charge in [-0.05, 0) is 38.5 Å². The fraction of sp³-hybridized carbons (Fsp3) is 0.462. The van der Waals surface area contributed by atoms with Gasteiger partial charge in [0, 0.05) is 19.2 Å². The van der Waals surface area contributed by atoms with E-state index in [4.69, 9.17) is 0 Å². The molecule has 0 fully saturated rings. The summed E-state index contributed by atoms with van der Waals surface area (Å²) in [6.07, 6.45) is 0.0179. The largest absolute Gasteiger partial charge is 0.352 e. The van der Waals surface area contributed by atoms with E-state index in [1.54, 1.807) is 6.92 Å². The Morgan fingerprint density at radius 2 is 2.19 bits per heavy atom. The molecule has 0 spiro atoms. The van der Waals surface area contributed by atoms with Crippen molar-refractivity contribution < 1.29 is 4.79 Å². The number of hydrogen-bond donors (Lipinski definition) is 1. The summed E-state index contributed by atoms with van der Waals surface area (Å²) in [4.78, 5) is 13.2. The van der Waals surface area contributed by atoms with Gasteiger partial charge in [-0.3, -0.25) is 4.79 Å². The number of nitrogens with zero attached hydrogens (tertiary/aromatic N) is 1. The summed E-state index contributed by atoms with van der Waals surface area (Å²) in [6.45, 7) is 8.56. The zero-order valence-electron chi connectivity index (χ0n) is 10.4. The Kier molecular flexibility index (Phi) is 4.35. The van der Waals surface area contributed by atoms with Crippen LogP contribution in [0.3, 0.4) is 0 Å². The standard InChI is InChI=1S/C13H20N2O/c1-5-15(11(3)14-12(4)16)13-8-6-7-10(2)9-13/h6-9,11H,5H2,1-4H3,(H,14,16). The molecule has 0 saturated carbocycles. The minimum absolute atomic E-state index is 0.00129. The van der Waals surface area contributed by atoms with Crippen molar-refractivity contribution >= 4 is 11.6 Å². The Hall–Kier alpha value is -1.51. The fourth-order valence-electron chi connectivity index (χ4n) is 1.86. The van der Waals surface area contributed by atoms with Crippen molar-refractivity contribution in [1.82, 2.24) is 5.32 Å². The van der Waals surface area contributed by atoms with Crippen molar-refractivity contribution in [3.05, 3.63) is 29.8 Å². The number of nitrogens with one attached hydrogen (secondary N) is 1. The third kappa shape index (κ3) is 3.26. The Balaban J connectivity index is 2.85. The number of hydrogen-bond acceptors (Lipinski definition) is 2. The number of carbonyl (C=O) groups is 1. The molecule has 3 nitrogen and oxygen atoms in total. The lowest BCUT2D eigenvalue weighted by molar-refractivity contribution is -0.119. The van der Waals surface area contributed by atoms with E-state index in [9.17, 15) is 4.79 Å². The number of anilines is 1. The van der Waals surface area contributed by atoms with Gasteiger partial charge in [0.25, 0.3) is 0 Å². The predicted octanol–water partition coefficient (Wildman–Crippen LogP) is 2.30. The van der Waals surface area contributed by atoms with Gasteiger partial charge in [-0.25, -0.2) is 0 Å². The van der Waals surface area contributed by atoms with E-state index in [0.29, 0.717) is 0 Å². The Labute approximate surface area is 97.5 Å². The van der Waals surface area contributed by atoms with Crippen molar-refractivity contribution in [2.45, 2.75) is 33.9 Å². The second-order valence-corrected chi connectivity index (χ2v) is 4.00. The average molecular weight is 220 g/mol. The van der Waals surface area contributed by atoms with Crippen molar-refractivity contribution in [2.24, 2.45) is 0 Å². The highest BCUT2D eigenvalue weighted by molar-refractivity contribution is 5.73. The normalized spacial score (nSPS) is 12.0. The minimum atomic E-state index is -0.00129. The summed E-state index contributed by atoms with van der Waals surface area (Å²) >= 11 is 0. The molecule has 1 unspecified atom stereocenters. The molecule has 0 aliphatic carbocycles. The number of benzene rings is 1. The molecule has 0 aliphatic rings. The minimum Gasteiger partial charge on any atom is -0.352 e. The van der Waals surface area contributed by atoms with E-state index in [1.165, 1.54) is 5.56 Å². The van der Waals surface area contributed by atoms with E-state index >= 15 is 0 Å². The first kappa shape index (κ1) is 12.6. The highest BCUT2D eigenvalue weighted by Crippen LogP contribution is 2.17. The van der Waals surface area contributed by atoms with E-state index in [2.05, 4.69) is 42.3 Å². The van der Waals surface area contributed by atoms with Crippen molar-refractivity contribution in [3.63, 3.8) is 0 Å². The summed E-state index contributed by atoms with van der Waals surface area (Å²) in [5, 5.41) is 2.90. The lowest BCUT2D eigenvalue weighted by Gasteiger charge is -2.30. The van der Waals surface area contributed by atoms with Gasteiger partial charge < -0.3 is 10.2 Å². The van der Waals surface area contributed by atoms with Gasteiger partial charge in [0.1, 0.15) is 0 Å². The monoisotopic (exact) mass is 220 g/mol. The second-order valence-electron chi connectivity index (χ2n) is 4.00. The van der Waals surface area contributed by atoms with Crippen LogP contribution in [-0.4, -0.2) is 18.6 Å². The van der Waals surface area contributed by atoms with Gasteiger partial charge in [-0.2, -0.15) is 0 Å². The Morgan fingerprint density at radius 3 is 2.69 bits per heavy atom. The zero-order valence-corrected chi connectivity index (χ0v) is 10.4. The fourth-order valence-corrected chi connectivity index (χ4v) is 1.86. The molecule has 1 N–H and O–H groups in total. The summed E-state index contributed by atoms with van der Waals surface area (Å²) in [5.41, 5.74) is 2.37. The summed E-state index contributed by atoms with van der Waals surface area (Å²) < 4.78 is 0. The molecule has 1 aromatic rings. The Bertz CT molecular complexity index is 363. The lowest BCUT2D eigenvalue weighted by Crippen LogP contribution is -2.45. The first-order valence-electron chi connectivity index (χ1n) is 5.65. The molecule has 0 heterocycles. The molecule has 3 heteroatoms. The quantitative estimate of drug-likeness (QED) is 0.790. The van der Waals surface area contributed by atoms with Crippen LogP contribution in [0.4, 0.5) is 5.69 Å². The molecule has 0 saturated heterocycles. The topological polar surface area (TPSA) is 32.3 Å². The molecule has 1 rings (SSSR count). The summed E-state index contributed by atoms with van der Waals surface area (Å²) in [7, 11) is 0. The Morgan fingerprint density at radius 1 is 1.50 bits per heavy atom. The molecule has 16 heavy (non-hydrogen) atoms. The second kappa shape index (κ2) is 5.54. The number of carbonyl (C=O) groups excluding carboxylic acids is 1. The third-order valence-corrected chi connectivity index (χ3v) is 2.55. The predicted molar refractivity (Wildman–Crippen MR) is 67.5 cm³/mol. The van der Waals surface area contributed by atoms with E-state index in [-0.39, 0.29) is 12.1 Å². The average Bonchev–Trinajstić information content (AvgIpc) is 2.17. The van der Waals surface area contributed by atoms with Gasteiger partial charge >= 0.3 is 0 Å². The molecule has 1 amide bonds. The molecular formula is C13H20N2O. The zero-order chi connectivity index (χ0) is 12.1. The lowest BCUT2D eigenvalue weighted by atomic mass is 10.2. The SMILES string of the molecule is CCN(c1cccc(C)c1)C(C)NC(C)=O. The maximum atomic E-state index is 11.0. The van der Waals surface area contributed by atoms with Crippen LogP contribution < -0.4 is 10.2 Å². The van der Waals surface area contributed by atoms with E-state index in [1.807, 2.05) is 13.0 Å². The van der Waals surface area contributed by atoms with Crippen LogP contribution in [0.25, 0.3) is 0 Å². The molecule has 1 atom stereocenters. The molecule has 0 aromatic heterocycles. The van der Waals surface area contributed by atoms with Crippen LogP contribution in [-0.2, 0) is 4.79 Å². The highest BCUT2D eigenvalue weighted by Gasteiger charge is 2.13. The van der Waals surface area contributed by atoms with Crippen molar-refractivity contribution in [2.75, 3.05) is 11.4 Å². The number of amides is 1. The van der Waals surface area contributed by atoms with Gasteiger partial charge in [0.2, 0.25) is 5.91 Å². The van der Waals surface area contributed by atoms with Crippen LogP contribution in [0.5, 0.6) is 0 Å². The summed E-state index contributed by atoms with van der Waals surface area (Å²) in [6, 6.07) is 8.30. The maximum Gasteiger partial charge on any atom is 0.218 e. The third-order valence-electron chi connectivity index (χ3n) is 2.55. The summed E-state index contributed by atoms with van der Waals surface area (Å²) in [5.74, 6) is -0.00129. The first-order chi connectivity index (χ1) is 7.54. The molecule has 1 aromatic carbocycles. The van der Waals surface area contributed by atoms with E-state index in [0.717, 1.165) is 12.2 Å². The van der Waals surface area contributed by atoms with Crippen molar-refractivity contribution in [1.29, 1.82) is 0 Å². The maximum absolute atomic E-state index is 11.0. The first-order valence-corrected chi connectivity index (χ1v) is 5.65. The van der Waals surface area contributed by atoms with Gasteiger partial charge in [0.15, 0.2) is 0 Å². The van der Waals surface area contributed by atoms with Crippen LogP contribution >= 0.6 is 0 Å². The smallest absolute Gasteiger partial charge is 0.218 e. The van der Waals surface area contributed by atoms with Gasteiger partial charge in [0.05, 0.1) is 6.17 Å². The molecule has 0 radical (unpaired) electrons. The van der Waals surface area contributed by atoms with Crippen LogP contribution in [0.15, 0.2) is 24.3 Å². The molecular weight excluding hydrogens is 200 g/mol. The number of rotatable bonds is 4. The molecule has 88 valence electrons. The molecule has 0 aliphatic heterocycles. The highest BCUT2D eigenvalue weighted by atomic mass is 16.1. The van der Waals surface area contributed by atoms with Gasteiger partial charge in [-0.15, -0.1) is 0 Å². The van der Waals surface area contributed by atoms with Crippen molar-refractivity contribution in [3.8, 4) is 0 Å². The van der Waals surface area contributed by atoms with Gasteiger partial charge in [-0.1, -0.05) is 12.1 Å². The van der Waals surface area contributed by atoms with Crippen LogP contribution in [0.2, 0.25) is 0 Å². The van der Waals surface area contributed by atoms with Crippen LogP contribution in [0, 0.1) is 6.92 Å². The van der Waals surface area contributed by atoms with E-state index < -0.39 is 0 Å². The molecule has 0 bridgehead atoms. The van der Waals surface area contributed by atoms with Crippen LogP contribution in [0.1, 0.15) is 26.3 Å².